The molecule has 3 rings (SSSR count). The van der Waals surface area contributed by atoms with Crippen LogP contribution in [0.3, 0.4) is 0 Å². The van der Waals surface area contributed by atoms with Crippen molar-refractivity contribution in [1.82, 2.24) is 10.6 Å². The topological polar surface area (TPSA) is 87.7 Å². The molecule has 2 aromatic rings. The Balaban J connectivity index is 1.60. The molecule has 2 amide bonds. The van der Waals surface area contributed by atoms with Crippen molar-refractivity contribution in [3.8, 4) is 0 Å². The first kappa shape index (κ1) is 22.3. The Kier molecular flexibility index (Phi) is 7.65. The first-order valence-corrected chi connectivity index (χ1v) is 10.5. The molecule has 0 unspecified atom stereocenters. The highest BCUT2D eigenvalue weighted by Gasteiger charge is 2.24. The summed E-state index contributed by atoms with van der Waals surface area (Å²) >= 11 is 0. The first-order chi connectivity index (χ1) is 15.0. The molecule has 0 bridgehead atoms. The molecule has 7 nitrogen and oxygen atoms in total. The summed E-state index contributed by atoms with van der Waals surface area (Å²) in [5, 5.41) is 5.98. The molecule has 1 saturated heterocycles. The van der Waals surface area contributed by atoms with Gasteiger partial charge in [-0.25, -0.2) is 0 Å². The molecule has 1 aliphatic rings. The van der Waals surface area contributed by atoms with Crippen molar-refractivity contribution in [2.24, 2.45) is 0 Å². The Labute approximate surface area is 182 Å². The molecule has 1 atom stereocenters. The maximum absolute atomic E-state index is 13.0. The fourth-order valence-corrected chi connectivity index (χ4v) is 3.79. The van der Waals surface area contributed by atoms with Gasteiger partial charge in [0.1, 0.15) is 6.42 Å². The molecule has 31 heavy (non-hydrogen) atoms. The van der Waals surface area contributed by atoms with Gasteiger partial charge in [0.25, 0.3) is 5.91 Å². The van der Waals surface area contributed by atoms with Crippen LogP contribution < -0.4 is 15.5 Å². The van der Waals surface area contributed by atoms with Gasteiger partial charge in [-0.05, 0) is 37.5 Å². The molecule has 164 valence electrons. The van der Waals surface area contributed by atoms with Crippen LogP contribution >= 0.6 is 0 Å². The van der Waals surface area contributed by atoms with Crippen LogP contribution in [0.4, 0.5) is 5.69 Å². The van der Waals surface area contributed by atoms with Crippen molar-refractivity contribution < 1.29 is 19.1 Å². The van der Waals surface area contributed by atoms with Crippen molar-refractivity contribution in [3.05, 3.63) is 65.7 Å². The number of hydrogen-bond acceptors (Lipinski definition) is 5. The van der Waals surface area contributed by atoms with Gasteiger partial charge in [0.05, 0.1) is 18.7 Å². The Morgan fingerprint density at radius 1 is 1.03 bits per heavy atom. The highest BCUT2D eigenvalue weighted by molar-refractivity contribution is 6.00. The van der Waals surface area contributed by atoms with E-state index in [-0.39, 0.29) is 30.3 Å². The lowest BCUT2D eigenvalue weighted by Gasteiger charge is -2.35. The van der Waals surface area contributed by atoms with E-state index in [0.29, 0.717) is 18.7 Å². The minimum absolute atomic E-state index is 0.00694. The summed E-state index contributed by atoms with van der Waals surface area (Å²) in [7, 11) is 1.27. The van der Waals surface area contributed by atoms with Crippen molar-refractivity contribution >= 4 is 23.5 Å². The number of benzene rings is 2. The Morgan fingerprint density at radius 2 is 1.68 bits per heavy atom. The number of ether oxygens (including phenoxy) is 1. The van der Waals surface area contributed by atoms with Gasteiger partial charge in [-0.3, -0.25) is 14.4 Å². The van der Waals surface area contributed by atoms with Crippen LogP contribution in [0.1, 0.15) is 48.1 Å². The number of methoxy groups -OCH3 is 1. The smallest absolute Gasteiger partial charge is 0.315 e. The number of amides is 2. The Hall–Kier alpha value is -3.35. The van der Waals surface area contributed by atoms with Gasteiger partial charge in [-0.2, -0.15) is 0 Å². The summed E-state index contributed by atoms with van der Waals surface area (Å²) < 4.78 is 4.53. The third kappa shape index (κ3) is 6.07. The van der Waals surface area contributed by atoms with Crippen LogP contribution in [0.5, 0.6) is 0 Å². The number of para-hydroxylation sites is 1. The van der Waals surface area contributed by atoms with E-state index in [4.69, 9.17) is 0 Å². The highest BCUT2D eigenvalue weighted by Crippen LogP contribution is 2.25. The minimum Gasteiger partial charge on any atom is -0.469 e. The van der Waals surface area contributed by atoms with E-state index in [1.165, 1.54) is 7.11 Å². The van der Waals surface area contributed by atoms with E-state index in [0.717, 1.165) is 24.1 Å². The van der Waals surface area contributed by atoms with E-state index in [1.54, 1.807) is 0 Å². The third-order valence-corrected chi connectivity index (χ3v) is 5.53. The lowest BCUT2D eigenvalue weighted by Crippen LogP contribution is -2.45. The number of carbonyl (C=O) groups is 3. The maximum Gasteiger partial charge on any atom is 0.315 e. The molecule has 0 aromatic heterocycles. The average molecular weight is 424 g/mol. The Bertz CT molecular complexity index is 908. The van der Waals surface area contributed by atoms with E-state index < -0.39 is 5.97 Å². The van der Waals surface area contributed by atoms with E-state index >= 15 is 0 Å². The lowest BCUT2D eigenvalue weighted by atomic mass is 10.0. The number of nitrogens with one attached hydrogen (secondary N) is 2. The Morgan fingerprint density at radius 3 is 2.35 bits per heavy atom. The zero-order valence-electron chi connectivity index (χ0n) is 18.0. The number of esters is 1. The van der Waals surface area contributed by atoms with Crippen molar-refractivity contribution in [2.45, 2.75) is 38.3 Å². The molecule has 2 aromatic carbocycles. The van der Waals surface area contributed by atoms with Crippen molar-refractivity contribution in [3.63, 3.8) is 0 Å². The molecular formula is C24H29N3O4. The summed E-state index contributed by atoms with van der Waals surface area (Å²) in [6.45, 7) is 3.39. The van der Waals surface area contributed by atoms with E-state index in [9.17, 15) is 14.4 Å². The lowest BCUT2D eigenvalue weighted by molar-refractivity contribution is -0.144. The summed E-state index contributed by atoms with van der Waals surface area (Å²) in [4.78, 5) is 38.3. The molecule has 1 fully saturated rings. The zero-order chi connectivity index (χ0) is 22.2. The van der Waals surface area contributed by atoms with Crippen LogP contribution in [0.25, 0.3) is 0 Å². The molecule has 7 heteroatoms. The maximum atomic E-state index is 13.0. The highest BCUT2D eigenvalue weighted by atomic mass is 16.5. The molecule has 1 heterocycles. The number of hydrogen-bond donors (Lipinski definition) is 2. The van der Waals surface area contributed by atoms with Crippen LogP contribution in [-0.4, -0.2) is 44.0 Å². The first-order valence-electron chi connectivity index (χ1n) is 10.5. The fraction of sp³-hybridized carbons (Fsp3) is 0.375. The second kappa shape index (κ2) is 10.6. The van der Waals surface area contributed by atoms with Gasteiger partial charge in [0.15, 0.2) is 0 Å². The number of piperidine rings is 1. The van der Waals surface area contributed by atoms with Crippen LogP contribution in [-0.2, 0) is 14.3 Å². The number of carbonyl (C=O) groups excluding carboxylic acids is 3. The SMILES string of the molecule is COC(=O)CC(=O)NC1CCN(c2ccccc2C(=O)N[C@H](C)c2ccccc2)CC1. The van der Waals surface area contributed by atoms with E-state index in [1.807, 2.05) is 61.5 Å². The normalized spacial score (nSPS) is 15.1. The number of rotatable bonds is 7. The molecular weight excluding hydrogens is 394 g/mol. The largest absolute Gasteiger partial charge is 0.469 e. The molecule has 0 spiro atoms. The molecule has 1 aliphatic heterocycles. The van der Waals surface area contributed by atoms with Gasteiger partial charge in [-0.15, -0.1) is 0 Å². The van der Waals surface area contributed by atoms with Crippen molar-refractivity contribution in [1.29, 1.82) is 0 Å². The molecule has 0 radical (unpaired) electrons. The van der Waals surface area contributed by atoms with Crippen LogP contribution in [0.2, 0.25) is 0 Å². The van der Waals surface area contributed by atoms with Gasteiger partial charge in [0, 0.05) is 24.8 Å². The summed E-state index contributed by atoms with van der Waals surface area (Å²) in [6, 6.07) is 17.4. The molecule has 2 N–H and O–H groups in total. The standard InChI is InChI=1S/C24H29N3O4/c1-17(18-8-4-3-5-9-18)25-24(30)20-10-6-7-11-21(20)27-14-12-19(13-15-27)26-22(28)16-23(29)31-2/h3-11,17,19H,12-16H2,1-2H3,(H,25,30)(H,26,28)/t17-/m1/s1. The van der Waals surface area contributed by atoms with Gasteiger partial charge < -0.3 is 20.3 Å². The number of nitrogens with zero attached hydrogens (tertiary/aromatic N) is 1. The summed E-state index contributed by atoms with van der Waals surface area (Å²) in [5.74, 6) is -0.972. The second-order valence-corrected chi connectivity index (χ2v) is 7.70. The van der Waals surface area contributed by atoms with Gasteiger partial charge in [-0.1, -0.05) is 42.5 Å². The van der Waals surface area contributed by atoms with Crippen molar-refractivity contribution in [2.75, 3.05) is 25.1 Å². The zero-order valence-corrected chi connectivity index (χ0v) is 18.0. The average Bonchev–Trinajstić information content (AvgIpc) is 2.80. The molecule has 0 saturated carbocycles. The molecule has 0 aliphatic carbocycles. The predicted octanol–water partition coefficient (Wildman–Crippen LogP) is 2.83. The van der Waals surface area contributed by atoms with Crippen LogP contribution in [0.15, 0.2) is 54.6 Å². The number of anilines is 1. The minimum atomic E-state index is -0.542. The monoisotopic (exact) mass is 423 g/mol. The third-order valence-electron chi connectivity index (χ3n) is 5.53. The van der Waals surface area contributed by atoms with Gasteiger partial charge >= 0.3 is 5.97 Å². The fourth-order valence-electron chi connectivity index (χ4n) is 3.79. The predicted molar refractivity (Wildman–Crippen MR) is 119 cm³/mol. The quantitative estimate of drug-likeness (QED) is 0.528. The van der Waals surface area contributed by atoms with Crippen LogP contribution in [0, 0.1) is 0 Å². The van der Waals surface area contributed by atoms with E-state index in [2.05, 4.69) is 20.3 Å². The second-order valence-electron chi connectivity index (χ2n) is 7.70. The summed E-state index contributed by atoms with van der Waals surface area (Å²) in [5.41, 5.74) is 2.58. The summed E-state index contributed by atoms with van der Waals surface area (Å²) in [6.07, 6.45) is 1.21. The van der Waals surface area contributed by atoms with Gasteiger partial charge in [0.2, 0.25) is 5.91 Å².